The smallest absolute Gasteiger partial charge is 0.416 e. The maximum atomic E-state index is 13.0. The summed E-state index contributed by atoms with van der Waals surface area (Å²) in [5.41, 5.74) is 3.45. The van der Waals surface area contributed by atoms with Gasteiger partial charge in [0, 0.05) is 17.5 Å². The van der Waals surface area contributed by atoms with Gasteiger partial charge in [0.25, 0.3) is 0 Å². The van der Waals surface area contributed by atoms with Crippen molar-refractivity contribution in [1.82, 2.24) is 5.16 Å². The molecule has 10 heteroatoms. The third-order valence-electron chi connectivity index (χ3n) is 7.92. The highest BCUT2D eigenvalue weighted by atomic mass is 19.4. The summed E-state index contributed by atoms with van der Waals surface area (Å²) in [7, 11) is 0. The average molecular weight is 613 g/mol. The van der Waals surface area contributed by atoms with Crippen molar-refractivity contribution in [2.24, 2.45) is 0 Å². The molecule has 2 N–H and O–H groups in total. The SMILES string of the molecule is O=C(Nc1c(-c2ccccc2)noc1-c1ccc(-c2ccc(C3(C(=O)O)CC3)cc2)cc1)OCCc1cccc(C(F)(F)F)c1. The quantitative estimate of drug-likeness (QED) is 0.173. The van der Waals surface area contributed by atoms with E-state index in [4.69, 9.17) is 9.26 Å². The van der Waals surface area contributed by atoms with Crippen LogP contribution in [0.5, 0.6) is 0 Å². The zero-order valence-corrected chi connectivity index (χ0v) is 23.8. The minimum absolute atomic E-state index is 0.0963. The second-order valence-corrected chi connectivity index (χ2v) is 10.9. The predicted molar refractivity (Wildman–Crippen MR) is 161 cm³/mol. The van der Waals surface area contributed by atoms with Crippen LogP contribution in [0.4, 0.5) is 23.7 Å². The lowest BCUT2D eigenvalue weighted by Gasteiger charge is -2.11. The topological polar surface area (TPSA) is 102 Å². The van der Waals surface area contributed by atoms with Crippen LogP contribution in [0.2, 0.25) is 0 Å². The number of carboxylic acids is 1. The lowest BCUT2D eigenvalue weighted by Crippen LogP contribution is -2.19. The number of hydrogen-bond acceptors (Lipinski definition) is 5. The van der Waals surface area contributed by atoms with E-state index >= 15 is 0 Å². The number of benzene rings is 4. The van der Waals surface area contributed by atoms with Crippen molar-refractivity contribution in [3.8, 4) is 33.7 Å². The standard InChI is InChI=1S/C35H27F3N2O5/c36-35(37,38)28-8-4-5-22(21-28)17-20-44-33(43)39-30-29(25-6-2-1-3-7-25)40-45-31(30)26-11-9-23(10-12-26)24-13-15-27(16-14-24)34(18-19-34)32(41)42/h1-16,21H,17-20H2,(H,39,43)(H,41,42). The average Bonchev–Trinajstić information content (AvgIpc) is 3.76. The highest BCUT2D eigenvalue weighted by Gasteiger charge is 2.51. The van der Waals surface area contributed by atoms with E-state index in [2.05, 4.69) is 10.5 Å². The Bertz CT molecular complexity index is 1830. The van der Waals surface area contributed by atoms with Gasteiger partial charge in [0.1, 0.15) is 11.4 Å². The van der Waals surface area contributed by atoms with Crippen molar-refractivity contribution in [3.63, 3.8) is 0 Å². The summed E-state index contributed by atoms with van der Waals surface area (Å²) in [5.74, 6) is -0.506. The van der Waals surface area contributed by atoms with E-state index in [-0.39, 0.29) is 18.7 Å². The molecule has 4 aromatic carbocycles. The first-order valence-corrected chi connectivity index (χ1v) is 14.2. The molecule has 0 spiro atoms. The fourth-order valence-electron chi connectivity index (χ4n) is 5.25. The Kier molecular flexibility index (Phi) is 7.88. The Balaban J connectivity index is 1.19. The summed E-state index contributed by atoms with van der Waals surface area (Å²) in [6.07, 6.45) is -3.90. The van der Waals surface area contributed by atoms with Crippen LogP contribution in [0.15, 0.2) is 108 Å². The number of aliphatic carboxylic acids is 1. The van der Waals surface area contributed by atoms with Crippen LogP contribution in [-0.2, 0) is 27.5 Å². The highest BCUT2D eigenvalue weighted by Crippen LogP contribution is 2.48. The Hall–Kier alpha value is -5.38. The molecule has 1 fully saturated rings. The lowest BCUT2D eigenvalue weighted by atomic mass is 9.93. The van der Waals surface area contributed by atoms with Gasteiger partial charge in [-0.2, -0.15) is 13.2 Å². The molecule has 1 aromatic heterocycles. The number of nitrogens with zero attached hydrogens (tertiary/aromatic N) is 1. The number of aromatic nitrogens is 1. The second-order valence-electron chi connectivity index (χ2n) is 10.9. The number of halogens is 3. The fraction of sp³-hybridized carbons (Fsp3) is 0.171. The van der Waals surface area contributed by atoms with Crippen molar-refractivity contribution in [1.29, 1.82) is 0 Å². The minimum Gasteiger partial charge on any atom is -0.481 e. The Morgan fingerprint density at radius 3 is 2.11 bits per heavy atom. The maximum absolute atomic E-state index is 13.0. The molecule has 1 aliphatic carbocycles. The molecule has 6 rings (SSSR count). The Labute approximate surface area is 256 Å². The van der Waals surface area contributed by atoms with Crippen molar-refractivity contribution >= 4 is 17.7 Å². The molecular formula is C35H27F3N2O5. The van der Waals surface area contributed by atoms with E-state index in [1.165, 1.54) is 6.07 Å². The third-order valence-corrected chi connectivity index (χ3v) is 7.92. The van der Waals surface area contributed by atoms with Gasteiger partial charge in [0.2, 0.25) is 0 Å². The van der Waals surface area contributed by atoms with Crippen LogP contribution >= 0.6 is 0 Å². The molecular weight excluding hydrogens is 585 g/mol. The molecule has 0 radical (unpaired) electrons. The first-order valence-electron chi connectivity index (χ1n) is 14.2. The summed E-state index contributed by atoms with van der Waals surface area (Å²) in [6.45, 7) is -0.143. The molecule has 0 aliphatic heterocycles. The van der Waals surface area contributed by atoms with Crippen molar-refractivity contribution < 1.29 is 37.1 Å². The number of hydrogen-bond donors (Lipinski definition) is 2. The number of anilines is 1. The van der Waals surface area contributed by atoms with Gasteiger partial charge in [-0.25, -0.2) is 4.79 Å². The fourth-order valence-corrected chi connectivity index (χ4v) is 5.25. The zero-order chi connectivity index (χ0) is 31.6. The van der Waals surface area contributed by atoms with Crippen molar-refractivity contribution in [3.05, 3.63) is 120 Å². The van der Waals surface area contributed by atoms with E-state index < -0.39 is 29.2 Å². The Morgan fingerprint density at radius 1 is 0.844 bits per heavy atom. The summed E-state index contributed by atoms with van der Waals surface area (Å²) < 4.78 is 50.2. The van der Waals surface area contributed by atoms with Crippen molar-refractivity contribution in [2.75, 3.05) is 11.9 Å². The summed E-state index contributed by atoms with van der Waals surface area (Å²) >= 11 is 0. The molecule has 0 atom stereocenters. The maximum Gasteiger partial charge on any atom is 0.416 e. The molecule has 5 aromatic rings. The number of carbonyl (C=O) groups excluding carboxylic acids is 1. The predicted octanol–water partition coefficient (Wildman–Crippen LogP) is 8.60. The van der Waals surface area contributed by atoms with Crippen LogP contribution in [0, 0.1) is 0 Å². The van der Waals surface area contributed by atoms with Crippen molar-refractivity contribution in [2.45, 2.75) is 30.9 Å². The van der Waals surface area contributed by atoms with Gasteiger partial charge >= 0.3 is 18.2 Å². The first kappa shape index (κ1) is 29.7. The van der Waals surface area contributed by atoms with E-state index in [0.717, 1.165) is 28.8 Å². The van der Waals surface area contributed by atoms with Gasteiger partial charge in [-0.15, -0.1) is 0 Å². The van der Waals surface area contributed by atoms with Gasteiger partial charge in [-0.3, -0.25) is 10.1 Å². The minimum atomic E-state index is -4.46. The number of carboxylic acid groups (broad SMARTS) is 1. The van der Waals surface area contributed by atoms with Crippen LogP contribution in [-0.4, -0.2) is 28.9 Å². The van der Waals surface area contributed by atoms with Gasteiger partial charge in [0.05, 0.1) is 17.6 Å². The molecule has 1 amide bonds. The number of ether oxygens (including phenoxy) is 1. The molecule has 0 unspecified atom stereocenters. The van der Waals surface area contributed by atoms with Crippen LogP contribution < -0.4 is 5.32 Å². The molecule has 1 saturated carbocycles. The van der Waals surface area contributed by atoms with E-state index in [9.17, 15) is 27.9 Å². The number of amides is 1. The molecule has 7 nitrogen and oxygen atoms in total. The molecule has 228 valence electrons. The first-order chi connectivity index (χ1) is 21.6. The van der Waals surface area contributed by atoms with E-state index in [0.29, 0.717) is 41.0 Å². The zero-order valence-electron chi connectivity index (χ0n) is 23.8. The van der Waals surface area contributed by atoms with Gasteiger partial charge in [-0.1, -0.05) is 102 Å². The Morgan fingerprint density at radius 2 is 1.49 bits per heavy atom. The lowest BCUT2D eigenvalue weighted by molar-refractivity contribution is -0.140. The number of alkyl halides is 3. The summed E-state index contributed by atoms with van der Waals surface area (Å²) in [5, 5.41) is 16.5. The molecule has 1 aliphatic rings. The largest absolute Gasteiger partial charge is 0.481 e. The molecule has 45 heavy (non-hydrogen) atoms. The second kappa shape index (κ2) is 12.0. The highest BCUT2D eigenvalue weighted by molar-refractivity contribution is 5.96. The van der Waals surface area contributed by atoms with Crippen LogP contribution in [0.3, 0.4) is 0 Å². The summed E-state index contributed by atoms with van der Waals surface area (Å²) in [4.78, 5) is 24.5. The number of rotatable bonds is 9. The molecule has 0 saturated heterocycles. The molecule has 0 bridgehead atoms. The normalized spacial score (nSPS) is 13.7. The van der Waals surface area contributed by atoms with Gasteiger partial charge < -0.3 is 14.4 Å². The monoisotopic (exact) mass is 612 g/mol. The number of carbonyl (C=O) groups is 2. The number of nitrogens with one attached hydrogen (secondary N) is 1. The third kappa shape index (κ3) is 6.31. The van der Waals surface area contributed by atoms with E-state index in [1.54, 1.807) is 6.07 Å². The van der Waals surface area contributed by atoms with Crippen LogP contribution in [0.1, 0.15) is 29.5 Å². The van der Waals surface area contributed by atoms with Gasteiger partial charge in [0.15, 0.2) is 5.76 Å². The van der Waals surface area contributed by atoms with Crippen LogP contribution in [0.25, 0.3) is 33.7 Å². The summed E-state index contributed by atoms with van der Waals surface area (Å²) in [6, 6.07) is 28.9. The van der Waals surface area contributed by atoms with E-state index in [1.807, 2.05) is 78.9 Å². The molecule has 1 heterocycles. The van der Waals surface area contributed by atoms with Gasteiger partial charge in [-0.05, 0) is 41.2 Å².